The van der Waals surface area contributed by atoms with Gasteiger partial charge in [0, 0.05) is 31.2 Å². The number of nitrogens with two attached hydrogens (primary N) is 1. The molecule has 14 heteroatoms. The van der Waals surface area contributed by atoms with Gasteiger partial charge in [0.05, 0.1) is 10.6 Å². The Kier molecular flexibility index (Phi) is 10.1. The molecule has 0 spiro atoms. The summed E-state index contributed by atoms with van der Waals surface area (Å²) in [5.41, 5.74) is 1.89. The second kappa shape index (κ2) is 13.9. The Bertz CT molecular complexity index is 1770. The second-order valence-electron chi connectivity index (χ2n) is 8.78. The van der Waals surface area contributed by atoms with Gasteiger partial charge in [-0.15, -0.1) is 5.10 Å². The van der Waals surface area contributed by atoms with Crippen LogP contribution in [0.1, 0.15) is 19.4 Å². The number of hydrogen-bond donors (Lipinski definition) is 1. The molecule has 0 unspecified atom stereocenters. The number of aromatic nitrogens is 3. The number of carbonyl (C=O) groups is 3. The van der Waals surface area contributed by atoms with Gasteiger partial charge >= 0.3 is 17.9 Å². The fourth-order valence-corrected chi connectivity index (χ4v) is 4.83. The van der Waals surface area contributed by atoms with E-state index in [4.69, 9.17) is 19.3 Å². The third kappa shape index (κ3) is 8.85. The van der Waals surface area contributed by atoms with Crippen LogP contribution in [0.5, 0.6) is 11.5 Å². The van der Waals surface area contributed by atoms with E-state index >= 15 is 0 Å². The summed E-state index contributed by atoms with van der Waals surface area (Å²) in [7, 11) is -3.84. The molecular weight excluding hydrogens is 596 g/mol. The van der Waals surface area contributed by atoms with Crippen LogP contribution in [-0.4, -0.2) is 53.4 Å². The van der Waals surface area contributed by atoms with E-state index in [0.29, 0.717) is 27.9 Å². The van der Waals surface area contributed by atoms with Crippen molar-refractivity contribution < 1.29 is 37.0 Å². The first kappa shape index (κ1) is 31.2. The van der Waals surface area contributed by atoms with Crippen molar-refractivity contribution >= 4 is 45.8 Å². The molecule has 4 rings (SSSR count). The van der Waals surface area contributed by atoms with Gasteiger partial charge in [-0.3, -0.25) is 9.59 Å². The molecule has 0 aliphatic carbocycles. The van der Waals surface area contributed by atoms with E-state index < -0.39 is 27.9 Å². The van der Waals surface area contributed by atoms with Crippen molar-refractivity contribution in [3.8, 4) is 28.6 Å². The summed E-state index contributed by atoms with van der Waals surface area (Å²) in [4.78, 5) is 39.5. The van der Waals surface area contributed by atoms with Gasteiger partial charge in [-0.1, -0.05) is 36.0 Å². The lowest BCUT2D eigenvalue weighted by molar-refractivity contribution is -0.137. The lowest BCUT2D eigenvalue weighted by Crippen LogP contribution is -2.11. The van der Waals surface area contributed by atoms with E-state index in [-0.39, 0.29) is 23.0 Å². The monoisotopic (exact) mass is 622 g/mol. The van der Waals surface area contributed by atoms with Gasteiger partial charge in [-0.05, 0) is 60.2 Å². The van der Waals surface area contributed by atoms with Gasteiger partial charge in [0.2, 0.25) is 15.2 Å². The average molecular weight is 623 g/mol. The first-order valence-electron chi connectivity index (χ1n) is 12.6. The lowest BCUT2D eigenvalue weighted by Gasteiger charge is -2.09. The highest BCUT2D eigenvalue weighted by molar-refractivity contribution is 7.99. The number of benzene rings is 3. The molecule has 222 valence electrons. The number of esters is 3. The first-order chi connectivity index (χ1) is 20.5. The first-order valence-corrected chi connectivity index (χ1v) is 15.2. The number of para-hydroxylation sites is 1. The molecule has 0 bridgehead atoms. The van der Waals surface area contributed by atoms with Crippen molar-refractivity contribution in [2.24, 2.45) is 5.14 Å². The molecule has 43 heavy (non-hydrogen) atoms. The zero-order chi connectivity index (χ0) is 31.0. The molecule has 1 aromatic heterocycles. The van der Waals surface area contributed by atoms with E-state index in [1.807, 2.05) is 30.3 Å². The fourth-order valence-electron chi connectivity index (χ4n) is 3.67. The number of thioether (sulfide) groups is 1. The fraction of sp³-hybridized carbons (Fsp3) is 0.138. The highest BCUT2D eigenvalue weighted by Crippen LogP contribution is 2.29. The molecule has 0 fully saturated rings. The van der Waals surface area contributed by atoms with Crippen molar-refractivity contribution in [1.82, 2.24) is 14.8 Å². The zero-order valence-electron chi connectivity index (χ0n) is 23.0. The van der Waals surface area contributed by atoms with Gasteiger partial charge in [-0.25, -0.2) is 28.0 Å². The van der Waals surface area contributed by atoms with Crippen molar-refractivity contribution in [1.29, 1.82) is 0 Å². The molecule has 0 aliphatic rings. The molecule has 0 saturated heterocycles. The van der Waals surface area contributed by atoms with Gasteiger partial charge < -0.3 is 14.2 Å². The number of primary sulfonamides is 1. The predicted molar refractivity (Wildman–Crippen MR) is 158 cm³/mol. The predicted octanol–water partition coefficient (Wildman–Crippen LogP) is 3.78. The molecular formula is C29H26N4O8S2. The molecule has 0 aliphatic heterocycles. The van der Waals surface area contributed by atoms with E-state index in [0.717, 1.165) is 5.69 Å². The van der Waals surface area contributed by atoms with Crippen LogP contribution in [0.25, 0.3) is 23.2 Å². The summed E-state index contributed by atoms with van der Waals surface area (Å²) < 4.78 is 40.3. The Morgan fingerprint density at radius 1 is 0.930 bits per heavy atom. The minimum atomic E-state index is -3.84. The van der Waals surface area contributed by atoms with E-state index in [1.165, 1.54) is 62.0 Å². The second-order valence-corrected chi connectivity index (χ2v) is 11.4. The molecule has 1 heterocycles. The minimum Gasteiger partial charge on any atom is -0.462 e. The summed E-state index contributed by atoms with van der Waals surface area (Å²) in [5.74, 6) is -0.810. The van der Waals surface area contributed by atoms with Gasteiger partial charge in [0.15, 0.2) is 17.3 Å². The molecule has 0 radical (unpaired) electrons. The van der Waals surface area contributed by atoms with Crippen LogP contribution >= 0.6 is 11.8 Å². The standard InChI is InChI=1S/C29H26N4O8S2/c1-19(34)40-25-14-8-21(18-26(25)41-20(2)35)9-15-27(36)39-16-17-42-29-31-28(33(32-29)23-6-4-3-5-7-23)22-10-12-24(13-11-22)43(30,37)38/h3-15,18H,16-17H2,1-2H3,(H2,30,37,38)/b15-9+. The summed E-state index contributed by atoms with van der Waals surface area (Å²) in [5, 5.41) is 10.2. The van der Waals surface area contributed by atoms with Crippen LogP contribution in [0.3, 0.4) is 0 Å². The quantitative estimate of drug-likeness (QED) is 0.0849. The number of carbonyl (C=O) groups excluding carboxylic acids is 3. The molecule has 2 N–H and O–H groups in total. The van der Waals surface area contributed by atoms with Crippen LogP contribution in [-0.2, 0) is 29.1 Å². The van der Waals surface area contributed by atoms with Gasteiger partial charge in [0.25, 0.3) is 0 Å². The van der Waals surface area contributed by atoms with Crippen LogP contribution in [0, 0.1) is 0 Å². The Morgan fingerprint density at radius 2 is 1.60 bits per heavy atom. The largest absolute Gasteiger partial charge is 0.462 e. The molecule has 3 aromatic carbocycles. The van der Waals surface area contributed by atoms with Crippen molar-refractivity contribution in [3.63, 3.8) is 0 Å². The number of ether oxygens (including phenoxy) is 3. The summed E-state index contributed by atoms with van der Waals surface area (Å²) in [6.07, 6.45) is 2.69. The van der Waals surface area contributed by atoms with Crippen molar-refractivity contribution in [2.75, 3.05) is 12.4 Å². The lowest BCUT2D eigenvalue weighted by atomic mass is 10.2. The minimum absolute atomic E-state index is 0.0173. The van der Waals surface area contributed by atoms with Crippen LogP contribution < -0.4 is 14.6 Å². The maximum Gasteiger partial charge on any atom is 0.330 e. The summed E-state index contributed by atoms with van der Waals surface area (Å²) in [6.45, 7) is 2.50. The zero-order valence-corrected chi connectivity index (χ0v) is 24.6. The van der Waals surface area contributed by atoms with Gasteiger partial charge in [-0.2, -0.15) is 0 Å². The van der Waals surface area contributed by atoms with Crippen molar-refractivity contribution in [2.45, 2.75) is 23.9 Å². The van der Waals surface area contributed by atoms with Gasteiger partial charge in [0.1, 0.15) is 6.61 Å². The highest BCUT2D eigenvalue weighted by atomic mass is 32.2. The summed E-state index contributed by atoms with van der Waals surface area (Å²) in [6, 6.07) is 19.8. The van der Waals surface area contributed by atoms with E-state index in [9.17, 15) is 22.8 Å². The molecule has 0 amide bonds. The number of hydrogen-bond acceptors (Lipinski definition) is 11. The molecule has 12 nitrogen and oxygen atoms in total. The van der Waals surface area contributed by atoms with E-state index in [2.05, 4.69) is 10.1 Å². The maximum absolute atomic E-state index is 12.3. The molecule has 0 atom stereocenters. The topological polar surface area (TPSA) is 170 Å². The van der Waals surface area contributed by atoms with Crippen LogP contribution in [0.15, 0.2) is 88.9 Å². The number of nitrogens with zero attached hydrogens (tertiary/aromatic N) is 3. The average Bonchev–Trinajstić information content (AvgIpc) is 3.39. The Balaban J connectivity index is 1.39. The third-order valence-corrected chi connectivity index (χ3v) is 7.21. The summed E-state index contributed by atoms with van der Waals surface area (Å²) >= 11 is 1.27. The van der Waals surface area contributed by atoms with Crippen LogP contribution in [0.4, 0.5) is 0 Å². The van der Waals surface area contributed by atoms with Crippen LogP contribution in [0.2, 0.25) is 0 Å². The Labute approximate surface area is 251 Å². The molecule has 0 saturated carbocycles. The number of rotatable bonds is 11. The normalized spacial score (nSPS) is 11.3. The smallest absolute Gasteiger partial charge is 0.330 e. The van der Waals surface area contributed by atoms with E-state index in [1.54, 1.807) is 22.9 Å². The Morgan fingerprint density at radius 3 is 2.26 bits per heavy atom. The third-order valence-electron chi connectivity index (χ3n) is 5.48. The Hall–Kier alpha value is -4.79. The maximum atomic E-state index is 12.3. The number of sulfonamides is 1. The molecule has 4 aromatic rings. The highest BCUT2D eigenvalue weighted by Gasteiger charge is 2.16. The van der Waals surface area contributed by atoms with Crippen molar-refractivity contribution in [3.05, 3.63) is 84.4 Å². The SMILES string of the molecule is CC(=O)Oc1ccc(/C=C/C(=O)OCCSc2nc(-c3ccc(S(N)(=O)=O)cc3)n(-c3ccccc3)n2)cc1OC(C)=O.